The van der Waals surface area contributed by atoms with Gasteiger partial charge in [0.25, 0.3) is 5.91 Å². The van der Waals surface area contributed by atoms with Crippen LogP contribution < -0.4 is 20.3 Å². The molecule has 3 aromatic rings. The number of nitrogens with zero attached hydrogens (tertiary/aromatic N) is 1. The van der Waals surface area contributed by atoms with Gasteiger partial charge in [-0.15, -0.1) is 0 Å². The molecule has 4 rings (SSSR count). The van der Waals surface area contributed by atoms with Gasteiger partial charge in [0.15, 0.2) is 0 Å². The summed E-state index contributed by atoms with van der Waals surface area (Å²) >= 11 is 0. The van der Waals surface area contributed by atoms with E-state index in [1.165, 1.54) is 0 Å². The van der Waals surface area contributed by atoms with Crippen LogP contribution in [0.5, 0.6) is 5.75 Å². The maximum Gasteiger partial charge on any atom is 0.251 e. The zero-order valence-electron chi connectivity index (χ0n) is 18.3. The summed E-state index contributed by atoms with van der Waals surface area (Å²) in [6.45, 7) is 2.69. The summed E-state index contributed by atoms with van der Waals surface area (Å²) in [7, 11) is 1.59. The predicted octanol–water partition coefficient (Wildman–Crippen LogP) is 4.92. The fourth-order valence-electron chi connectivity index (χ4n) is 3.86. The van der Waals surface area contributed by atoms with Gasteiger partial charge in [-0.2, -0.15) is 0 Å². The van der Waals surface area contributed by atoms with Crippen molar-refractivity contribution in [1.29, 1.82) is 0 Å². The number of anilines is 3. The van der Waals surface area contributed by atoms with Gasteiger partial charge in [0, 0.05) is 30.4 Å². The number of aryl methyl sites for hydroxylation is 1. The van der Waals surface area contributed by atoms with E-state index in [0.717, 1.165) is 34.6 Å². The van der Waals surface area contributed by atoms with Gasteiger partial charge in [-0.1, -0.05) is 48.0 Å². The van der Waals surface area contributed by atoms with Crippen LogP contribution in [0, 0.1) is 6.92 Å². The van der Waals surface area contributed by atoms with Crippen molar-refractivity contribution in [3.8, 4) is 5.75 Å². The Hall–Kier alpha value is -3.80. The first-order valence-electron chi connectivity index (χ1n) is 10.7. The fraction of sp³-hybridized carbons (Fsp3) is 0.231. The van der Waals surface area contributed by atoms with Gasteiger partial charge in [0.1, 0.15) is 11.8 Å². The zero-order valence-corrected chi connectivity index (χ0v) is 18.3. The second-order valence-electron chi connectivity index (χ2n) is 7.88. The number of carbonyl (C=O) groups excluding carboxylic acids is 2. The van der Waals surface area contributed by atoms with Crippen LogP contribution in [0.15, 0.2) is 72.8 Å². The van der Waals surface area contributed by atoms with Crippen molar-refractivity contribution in [3.63, 3.8) is 0 Å². The quantitative estimate of drug-likeness (QED) is 0.559. The first-order valence-corrected chi connectivity index (χ1v) is 10.7. The SMILES string of the molecule is COc1cc(NC(C(=O)Nc2ccc(C)cc2)c2ccccc2)ccc1N1CCCC1=O. The molecule has 0 aliphatic carbocycles. The van der Waals surface area contributed by atoms with Gasteiger partial charge >= 0.3 is 0 Å². The van der Waals surface area contributed by atoms with Gasteiger partial charge in [0.05, 0.1) is 12.8 Å². The molecule has 0 aromatic heterocycles. The van der Waals surface area contributed by atoms with E-state index >= 15 is 0 Å². The van der Waals surface area contributed by atoms with Crippen molar-refractivity contribution < 1.29 is 14.3 Å². The molecule has 32 heavy (non-hydrogen) atoms. The van der Waals surface area contributed by atoms with E-state index < -0.39 is 6.04 Å². The molecule has 164 valence electrons. The van der Waals surface area contributed by atoms with Crippen LogP contribution in [0.2, 0.25) is 0 Å². The van der Waals surface area contributed by atoms with Crippen molar-refractivity contribution >= 4 is 28.9 Å². The van der Waals surface area contributed by atoms with Gasteiger partial charge < -0.3 is 20.3 Å². The Morgan fingerprint density at radius 1 is 1.00 bits per heavy atom. The summed E-state index contributed by atoms with van der Waals surface area (Å²) in [6.07, 6.45) is 1.40. The lowest BCUT2D eigenvalue weighted by molar-refractivity contribution is -0.117. The number of hydrogen-bond acceptors (Lipinski definition) is 4. The third-order valence-electron chi connectivity index (χ3n) is 5.57. The molecular weight excluding hydrogens is 402 g/mol. The molecule has 3 aromatic carbocycles. The lowest BCUT2D eigenvalue weighted by Crippen LogP contribution is -2.27. The van der Waals surface area contributed by atoms with Crippen LogP contribution in [0.3, 0.4) is 0 Å². The Morgan fingerprint density at radius 2 is 1.72 bits per heavy atom. The minimum absolute atomic E-state index is 0.101. The van der Waals surface area contributed by atoms with Gasteiger partial charge in [0.2, 0.25) is 5.91 Å². The van der Waals surface area contributed by atoms with E-state index in [-0.39, 0.29) is 11.8 Å². The molecule has 2 N–H and O–H groups in total. The highest BCUT2D eigenvalue weighted by Gasteiger charge is 2.26. The number of benzene rings is 3. The standard InChI is InChI=1S/C26H27N3O3/c1-18-10-12-20(13-11-18)28-26(31)25(19-7-4-3-5-8-19)27-21-14-15-22(23(17-21)32-2)29-16-6-9-24(29)30/h3-5,7-8,10-15,17,25,27H,6,9,16H2,1-2H3,(H,28,31). The Morgan fingerprint density at radius 3 is 2.38 bits per heavy atom. The summed E-state index contributed by atoms with van der Waals surface area (Å²) in [6, 6.07) is 22.2. The third-order valence-corrected chi connectivity index (χ3v) is 5.57. The number of amides is 2. The number of nitrogens with one attached hydrogen (secondary N) is 2. The molecule has 1 fully saturated rings. The van der Waals surface area contributed by atoms with Crippen molar-refractivity contribution in [1.82, 2.24) is 0 Å². The lowest BCUT2D eigenvalue weighted by Gasteiger charge is -2.23. The van der Waals surface area contributed by atoms with Crippen molar-refractivity contribution in [2.24, 2.45) is 0 Å². The van der Waals surface area contributed by atoms with Crippen LogP contribution in [0.1, 0.15) is 30.0 Å². The molecule has 0 spiro atoms. The second kappa shape index (κ2) is 9.56. The average molecular weight is 430 g/mol. The number of rotatable bonds is 7. The monoisotopic (exact) mass is 429 g/mol. The lowest BCUT2D eigenvalue weighted by atomic mass is 10.1. The third kappa shape index (κ3) is 4.75. The van der Waals surface area contributed by atoms with Crippen LogP contribution in [0.25, 0.3) is 0 Å². The molecule has 1 heterocycles. The molecule has 6 nitrogen and oxygen atoms in total. The van der Waals surface area contributed by atoms with Crippen molar-refractivity contribution in [2.45, 2.75) is 25.8 Å². The van der Waals surface area contributed by atoms with Crippen LogP contribution in [-0.2, 0) is 9.59 Å². The second-order valence-corrected chi connectivity index (χ2v) is 7.88. The molecule has 2 amide bonds. The highest BCUT2D eigenvalue weighted by Crippen LogP contribution is 2.35. The molecule has 1 aliphatic rings. The minimum atomic E-state index is -0.610. The smallest absolute Gasteiger partial charge is 0.251 e. The molecule has 0 radical (unpaired) electrons. The highest BCUT2D eigenvalue weighted by molar-refractivity contribution is 5.98. The highest BCUT2D eigenvalue weighted by atomic mass is 16.5. The van der Waals surface area contributed by atoms with E-state index in [1.807, 2.05) is 79.7 Å². The first kappa shape index (κ1) is 21.4. The van der Waals surface area contributed by atoms with E-state index in [1.54, 1.807) is 12.0 Å². The Balaban J connectivity index is 1.60. The number of hydrogen-bond donors (Lipinski definition) is 2. The maximum absolute atomic E-state index is 13.2. The van der Waals surface area contributed by atoms with Gasteiger partial charge in [-0.3, -0.25) is 9.59 Å². The first-order chi connectivity index (χ1) is 15.5. The van der Waals surface area contributed by atoms with Crippen LogP contribution in [0.4, 0.5) is 17.1 Å². The Labute approximate surface area is 188 Å². The Kier molecular flexibility index (Phi) is 6.40. The van der Waals surface area contributed by atoms with E-state index in [9.17, 15) is 9.59 Å². The van der Waals surface area contributed by atoms with Crippen LogP contribution >= 0.6 is 0 Å². The minimum Gasteiger partial charge on any atom is -0.494 e. The normalized spacial score (nSPS) is 14.2. The topological polar surface area (TPSA) is 70.7 Å². The number of methoxy groups -OCH3 is 1. The number of carbonyl (C=O) groups is 2. The van der Waals surface area contributed by atoms with Gasteiger partial charge in [-0.05, 0) is 43.2 Å². The van der Waals surface area contributed by atoms with E-state index in [4.69, 9.17) is 4.74 Å². The van der Waals surface area contributed by atoms with Crippen LogP contribution in [-0.4, -0.2) is 25.5 Å². The summed E-state index contributed by atoms with van der Waals surface area (Å²) in [5, 5.41) is 6.33. The molecule has 1 aliphatic heterocycles. The summed E-state index contributed by atoms with van der Waals surface area (Å²) in [5.74, 6) is 0.525. The van der Waals surface area contributed by atoms with E-state index in [2.05, 4.69) is 10.6 Å². The Bertz CT molecular complexity index is 1100. The summed E-state index contributed by atoms with van der Waals surface area (Å²) < 4.78 is 5.57. The predicted molar refractivity (Wildman–Crippen MR) is 127 cm³/mol. The summed E-state index contributed by atoms with van der Waals surface area (Å²) in [4.78, 5) is 27.1. The molecule has 1 saturated heterocycles. The van der Waals surface area contributed by atoms with Gasteiger partial charge in [-0.25, -0.2) is 0 Å². The molecule has 1 atom stereocenters. The maximum atomic E-state index is 13.2. The molecule has 1 unspecified atom stereocenters. The van der Waals surface area contributed by atoms with Crippen molar-refractivity contribution in [2.75, 3.05) is 29.2 Å². The summed E-state index contributed by atoms with van der Waals surface area (Å²) in [5.41, 5.74) is 4.19. The largest absolute Gasteiger partial charge is 0.494 e. The molecule has 0 bridgehead atoms. The average Bonchev–Trinajstić information content (AvgIpc) is 3.25. The molecule has 0 saturated carbocycles. The molecule has 6 heteroatoms. The van der Waals surface area contributed by atoms with Crippen molar-refractivity contribution in [3.05, 3.63) is 83.9 Å². The van der Waals surface area contributed by atoms with E-state index in [0.29, 0.717) is 18.7 Å². The molecular formula is C26H27N3O3. The fourth-order valence-corrected chi connectivity index (χ4v) is 3.86. The number of ether oxygens (including phenoxy) is 1. The zero-order chi connectivity index (χ0) is 22.5.